The highest BCUT2D eigenvalue weighted by molar-refractivity contribution is 9.09. The predicted molar refractivity (Wildman–Crippen MR) is 79.9 cm³/mol. The van der Waals surface area contributed by atoms with Gasteiger partial charge in [0.2, 0.25) is 0 Å². The number of nitrogens with zero attached hydrogens (tertiary/aromatic N) is 1. The number of alkyl halides is 1. The highest BCUT2D eigenvalue weighted by atomic mass is 79.9. The van der Waals surface area contributed by atoms with Crippen LogP contribution in [-0.4, -0.2) is 41.9 Å². The Labute approximate surface area is 127 Å². The molecule has 108 valence electrons. The van der Waals surface area contributed by atoms with Crippen LogP contribution >= 0.6 is 15.9 Å². The van der Waals surface area contributed by atoms with E-state index in [4.69, 9.17) is 9.47 Å². The Bertz CT molecular complexity index is 506. The lowest BCUT2D eigenvalue weighted by Crippen LogP contribution is -2.44. The summed E-state index contributed by atoms with van der Waals surface area (Å²) in [6.07, 6.45) is 3.35. The van der Waals surface area contributed by atoms with Gasteiger partial charge < -0.3 is 14.4 Å². The van der Waals surface area contributed by atoms with E-state index < -0.39 is 0 Å². The molecular formula is C15H18BrNO3. The monoisotopic (exact) mass is 339 g/mol. The van der Waals surface area contributed by atoms with Crippen molar-refractivity contribution in [1.82, 2.24) is 4.90 Å². The number of ether oxygens (including phenoxy) is 2. The van der Waals surface area contributed by atoms with E-state index >= 15 is 0 Å². The van der Waals surface area contributed by atoms with E-state index in [1.54, 1.807) is 6.07 Å². The molecule has 1 saturated heterocycles. The average Bonchev–Trinajstić information content (AvgIpc) is 2.53. The summed E-state index contributed by atoms with van der Waals surface area (Å²) in [6.45, 7) is 1.94. The summed E-state index contributed by atoms with van der Waals surface area (Å²) in [7, 11) is 0. The predicted octanol–water partition coefficient (Wildman–Crippen LogP) is 2.85. The largest absolute Gasteiger partial charge is 0.486 e. The van der Waals surface area contributed by atoms with Crippen molar-refractivity contribution in [1.29, 1.82) is 0 Å². The molecule has 20 heavy (non-hydrogen) atoms. The van der Waals surface area contributed by atoms with Gasteiger partial charge in [-0.3, -0.25) is 4.79 Å². The van der Waals surface area contributed by atoms with Crippen molar-refractivity contribution < 1.29 is 14.3 Å². The van der Waals surface area contributed by atoms with Crippen molar-refractivity contribution in [3.05, 3.63) is 23.8 Å². The molecule has 1 aromatic rings. The average molecular weight is 340 g/mol. The fraction of sp³-hybridized carbons (Fsp3) is 0.533. The zero-order valence-corrected chi connectivity index (χ0v) is 12.9. The van der Waals surface area contributed by atoms with E-state index in [-0.39, 0.29) is 5.91 Å². The first-order chi connectivity index (χ1) is 9.79. The Morgan fingerprint density at radius 3 is 2.85 bits per heavy atom. The van der Waals surface area contributed by atoms with Gasteiger partial charge in [0.05, 0.1) is 0 Å². The molecule has 1 fully saturated rings. The van der Waals surface area contributed by atoms with E-state index in [1.807, 2.05) is 17.0 Å². The second-order valence-corrected chi connectivity index (χ2v) is 5.81. The Balaban J connectivity index is 1.82. The number of carbonyl (C=O) groups excluding carboxylic acids is 1. The van der Waals surface area contributed by atoms with Crippen LogP contribution in [0.5, 0.6) is 11.5 Å². The topological polar surface area (TPSA) is 38.8 Å². The fourth-order valence-electron chi connectivity index (χ4n) is 2.77. The van der Waals surface area contributed by atoms with Crippen LogP contribution in [-0.2, 0) is 0 Å². The van der Waals surface area contributed by atoms with Gasteiger partial charge in [0.25, 0.3) is 5.91 Å². The normalized spacial score (nSPS) is 21.6. The van der Waals surface area contributed by atoms with Crippen LogP contribution in [0.1, 0.15) is 29.6 Å². The van der Waals surface area contributed by atoms with Gasteiger partial charge in [0.1, 0.15) is 13.2 Å². The molecule has 2 aliphatic heterocycles. The number of fused-ring (bicyclic) bond motifs is 1. The minimum Gasteiger partial charge on any atom is -0.486 e. The molecule has 2 heterocycles. The molecule has 1 amide bonds. The summed E-state index contributed by atoms with van der Waals surface area (Å²) in [5, 5.41) is 0.837. The minimum atomic E-state index is 0.0890. The third-order valence-corrected chi connectivity index (χ3v) is 4.60. The lowest BCUT2D eigenvalue weighted by Gasteiger charge is -2.35. The highest BCUT2D eigenvalue weighted by Crippen LogP contribution is 2.32. The zero-order valence-electron chi connectivity index (χ0n) is 11.3. The molecule has 1 atom stereocenters. The summed E-state index contributed by atoms with van der Waals surface area (Å²) < 4.78 is 11.0. The number of carbonyl (C=O) groups is 1. The Hall–Kier alpha value is -1.23. The molecule has 4 nitrogen and oxygen atoms in total. The summed E-state index contributed by atoms with van der Waals surface area (Å²) in [5.41, 5.74) is 0.683. The maximum absolute atomic E-state index is 12.7. The number of amides is 1. The summed E-state index contributed by atoms with van der Waals surface area (Å²) in [5.74, 6) is 1.49. The lowest BCUT2D eigenvalue weighted by atomic mass is 10.0. The van der Waals surface area contributed by atoms with E-state index in [2.05, 4.69) is 15.9 Å². The van der Waals surface area contributed by atoms with Crippen LogP contribution in [0.3, 0.4) is 0 Å². The van der Waals surface area contributed by atoms with Crippen LogP contribution in [0.25, 0.3) is 0 Å². The number of piperidine rings is 1. The molecule has 0 saturated carbocycles. The lowest BCUT2D eigenvalue weighted by molar-refractivity contribution is 0.0641. The molecule has 0 aliphatic carbocycles. The Morgan fingerprint density at radius 2 is 2.05 bits per heavy atom. The van der Waals surface area contributed by atoms with Gasteiger partial charge in [-0.05, 0) is 37.5 Å². The van der Waals surface area contributed by atoms with Crippen LogP contribution < -0.4 is 9.47 Å². The number of likely N-dealkylation sites (tertiary alicyclic amines) is 1. The molecule has 1 aromatic carbocycles. The van der Waals surface area contributed by atoms with E-state index in [0.717, 1.165) is 30.5 Å². The number of benzene rings is 1. The minimum absolute atomic E-state index is 0.0890. The van der Waals surface area contributed by atoms with Crippen molar-refractivity contribution >= 4 is 21.8 Å². The first kappa shape index (κ1) is 13.7. The molecule has 5 heteroatoms. The second-order valence-electron chi connectivity index (χ2n) is 5.16. The number of hydrogen-bond acceptors (Lipinski definition) is 3. The molecule has 0 radical (unpaired) electrons. The maximum Gasteiger partial charge on any atom is 0.254 e. The summed E-state index contributed by atoms with van der Waals surface area (Å²) in [6, 6.07) is 5.76. The molecule has 0 aromatic heterocycles. The molecular weight excluding hydrogens is 322 g/mol. The van der Waals surface area contributed by atoms with E-state index in [9.17, 15) is 4.79 Å². The Morgan fingerprint density at radius 1 is 1.25 bits per heavy atom. The summed E-state index contributed by atoms with van der Waals surface area (Å²) in [4.78, 5) is 14.6. The van der Waals surface area contributed by atoms with Gasteiger partial charge in [-0.25, -0.2) is 0 Å². The highest BCUT2D eigenvalue weighted by Gasteiger charge is 2.27. The summed E-state index contributed by atoms with van der Waals surface area (Å²) >= 11 is 3.51. The third-order valence-electron chi connectivity index (χ3n) is 3.86. The number of halogens is 1. The van der Waals surface area contributed by atoms with Crippen molar-refractivity contribution in [3.63, 3.8) is 0 Å². The molecule has 1 unspecified atom stereocenters. The van der Waals surface area contributed by atoms with E-state index in [1.165, 1.54) is 6.42 Å². The third kappa shape index (κ3) is 2.64. The first-order valence-electron chi connectivity index (χ1n) is 7.06. The van der Waals surface area contributed by atoms with Crippen molar-refractivity contribution in [3.8, 4) is 11.5 Å². The van der Waals surface area contributed by atoms with Gasteiger partial charge in [0, 0.05) is 23.5 Å². The van der Waals surface area contributed by atoms with Crippen LogP contribution in [0.15, 0.2) is 18.2 Å². The maximum atomic E-state index is 12.7. The van der Waals surface area contributed by atoms with Gasteiger partial charge in [-0.2, -0.15) is 0 Å². The molecule has 0 N–H and O–H groups in total. The van der Waals surface area contributed by atoms with Gasteiger partial charge in [0.15, 0.2) is 11.5 Å². The van der Waals surface area contributed by atoms with Gasteiger partial charge in [-0.1, -0.05) is 15.9 Å². The van der Waals surface area contributed by atoms with Gasteiger partial charge >= 0.3 is 0 Å². The van der Waals surface area contributed by atoms with Crippen LogP contribution in [0.4, 0.5) is 0 Å². The van der Waals surface area contributed by atoms with Crippen molar-refractivity contribution in [2.45, 2.75) is 25.3 Å². The molecule has 0 spiro atoms. The van der Waals surface area contributed by atoms with Crippen molar-refractivity contribution in [2.24, 2.45) is 0 Å². The van der Waals surface area contributed by atoms with Gasteiger partial charge in [-0.15, -0.1) is 0 Å². The van der Waals surface area contributed by atoms with Crippen LogP contribution in [0, 0.1) is 0 Å². The smallest absolute Gasteiger partial charge is 0.254 e. The molecule has 0 bridgehead atoms. The SMILES string of the molecule is O=C(c1ccc2c(c1)OCCO2)N1CCCCC1CBr. The van der Waals surface area contributed by atoms with Crippen molar-refractivity contribution in [2.75, 3.05) is 25.1 Å². The fourth-order valence-corrected chi connectivity index (χ4v) is 3.44. The zero-order chi connectivity index (χ0) is 13.9. The second kappa shape index (κ2) is 6.04. The van der Waals surface area contributed by atoms with Crippen LogP contribution in [0.2, 0.25) is 0 Å². The molecule has 2 aliphatic rings. The number of hydrogen-bond donors (Lipinski definition) is 0. The quantitative estimate of drug-likeness (QED) is 0.777. The Kier molecular flexibility index (Phi) is 4.15. The van der Waals surface area contributed by atoms with E-state index in [0.29, 0.717) is 30.6 Å². The molecule has 3 rings (SSSR count). The first-order valence-corrected chi connectivity index (χ1v) is 8.18. The number of rotatable bonds is 2. The standard InChI is InChI=1S/C15H18BrNO3/c16-10-12-3-1-2-6-17(12)15(18)11-4-5-13-14(9-11)20-8-7-19-13/h4-5,9,12H,1-3,6-8,10H2.